The summed E-state index contributed by atoms with van der Waals surface area (Å²) in [5.74, 6) is 0.395. The van der Waals surface area contributed by atoms with Gasteiger partial charge in [0.05, 0.1) is 4.90 Å². The number of rotatable bonds is 7. The lowest BCUT2D eigenvalue weighted by Gasteiger charge is -2.10. The lowest BCUT2D eigenvalue weighted by atomic mass is 10.0. The van der Waals surface area contributed by atoms with E-state index in [1.165, 1.54) is 12.1 Å². The Labute approximate surface area is 120 Å². The average Bonchev–Trinajstić information content (AvgIpc) is 2.36. The van der Waals surface area contributed by atoms with E-state index < -0.39 is 10.0 Å². The number of benzene rings is 1. The molecule has 1 amide bonds. The first-order chi connectivity index (χ1) is 9.32. The van der Waals surface area contributed by atoms with E-state index in [4.69, 9.17) is 5.14 Å². The average molecular weight is 298 g/mol. The second kappa shape index (κ2) is 7.40. The number of amides is 1. The molecule has 3 N–H and O–H groups in total. The number of hydrogen-bond donors (Lipinski definition) is 2. The molecule has 0 heterocycles. The molecule has 112 valence electrons. The predicted molar refractivity (Wildman–Crippen MR) is 78.4 cm³/mol. The van der Waals surface area contributed by atoms with Crippen LogP contribution in [0.5, 0.6) is 0 Å². The van der Waals surface area contributed by atoms with Crippen molar-refractivity contribution >= 4 is 15.9 Å². The Morgan fingerprint density at radius 3 is 2.40 bits per heavy atom. The van der Waals surface area contributed by atoms with Crippen LogP contribution in [0.15, 0.2) is 29.2 Å². The van der Waals surface area contributed by atoms with E-state index in [1.54, 1.807) is 12.1 Å². The third-order valence-corrected chi connectivity index (χ3v) is 3.99. The van der Waals surface area contributed by atoms with Gasteiger partial charge in [-0.25, -0.2) is 13.6 Å². The van der Waals surface area contributed by atoms with Crippen molar-refractivity contribution in [3.63, 3.8) is 0 Å². The van der Waals surface area contributed by atoms with Crippen LogP contribution in [0.3, 0.4) is 0 Å². The van der Waals surface area contributed by atoms with Crippen LogP contribution >= 0.6 is 0 Å². The molecule has 20 heavy (non-hydrogen) atoms. The van der Waals surface area contributed by atoms with Crippen molar-refractivity contribution in [2.45, 2.75) is 44.6 Å². The van der Waals surface area contributed by atoms with Crippen LogP contribution < -0.4 is 10.5 Å². The number of primary sulfonamides is 1. The first-order valence-electron chi connectivity index (χ1n) is 6.71. The van der Waals surface area contributed by atoms with Gasteiger partial charge in [-0.3, -0.25) is 4.79 Å². The Kier molecular flexibility index (Phi) is 6.16. The zero-order valence-electron chi connectivity index (χ0n) is 11.9. The summed E-state index contributed by atoms with van der Waals surface area (Å²) in [5.41, 5.74) is 0.842. The quantitative estimate of drug-likeness (QED) is 0.804. The molecule has 0 aliphatic heterocycles. The molecule has 1 aromatic carbocycles. The van der Waals surface area contributed by atoms with Crippen molar-refractivity contribution in [3.05, 3.63) is 29.8 Å². The summed E-state index contributed by atoms with van der Waals surface area (Å²) in [6.45, 7) is 4.55. The zero-order valence-corrected chi connectivity index (χ0v) is 12.7. The first-order valence-corrected chi connectivity index (χ1v) is 8.26. The van der Waals surface area contributed by atoms with Crippen molar-refractivity contribution < 1.29 is 13.2 Å². The van der Waals surface area contributed by atoms with Crippen LogP contribution in [0.1, 0.15) is 38.7 Å². The van der Waals surface area contributed by atoms with E-state index in [1.807, 2.05) is 0 Å². The van der Waals surface area contributed by atoms with E-state index >= 15 is 0 Å². The Balaban J connectivity index is 2.48. The minimum atomic E-state index is -3.66. The van der Waals surface area contributed by atoms with Crippen LogP contribution in [-0.4, -0.2) is 14.3 Å². The Bertz CT molecular complexity index is 538. The van der Waals surface area contributed by atoms with Gasteiger partial charge >= 0.3 is 0 Å². The lowest BCUT2D eigenvalue weighted by molar-refractivity contribution is -0.122. The highest BCUT2D eigenvalue weighted by Gasteiger charge is 2.09. The molecule has 5 nitrogen and oxygen atoms in total. The molecule has 0 aromatic heterocycles. The van der Waals surface area contributed by atoms with Crippen molar-refractivity contribution in [2.75, 3.05) is 0 Å². The number of carbonyl (C=O) groups is 1. The summed E-state index contributed by atoms with van der Waals surface area (Å²) in [6.07, 6.45) is 2.63. The maximum absolute atomic E-state index is 11.7. The van der Waals surface area contributed by atoms with Crippen molar-refractivity contribution in [1.82, 2.24) is 5.32 Å². The van der Waals surface area contributed by atoms with E-state index in [-0.39, 0.29) is 10.8 Å². The SMILES string of the molecule is CCCC(C)CC(=O)NCc1ccc(S(N)(=O)=O)cc1. The molecule has 1 rings (SSSR count). The largest absolute Gasteiger partial charge is 0.352 e. The van der Waals surface area contributed by atoms with Gasteiger partial charge in [0.2, 0.25) is 15.9 Å². The van der Waals surface area contributed by atoms with Crippen LogP contribution in [0.25, 0.3) is 0 Å². The van der Waals surface area contributed by atoms with Crippen molar-refractivity contribution in [1.29, 1.82) is 0 Å². The van der Waals surface area contributed by atoms with Gasteiger partial charge in [-0.2, -0.15) is 0 Å². The van der Waals surface area contributed by atoms with E-state index in [0.29, 0.717) is 18.9 Å². The third-order valence-electron chi connectivity index (χ3n) is 3.06. The Morgan fingerprint density at radius 1 is 1.30 bits per heavy atom. The molecule has 0 saturated heterocycles. The lowest BCUT2D eigenvalue weighted by Crippen LogP contribution is -2.24. The normalized spacial score (nSPS) is 12.9. The van der Waals surface area contributed by atoms with Crippen molar-refractivity contribution in [3.8, 4) is 0 Å². The number of nitrogens with two attached hydrogens (primary N) is 1. The predicted octanol–water partition coefficient (Wildman–Crippen LogP) is 1.78. The zero-order chi connectivity index (χ0) is 15.2. The van der Waals surface area contributed by atoms with Crippen LogP contribution in [-0.2, 0) is 21.4 Å². The summed E-state index contributed by atoms with van der Waals surface area (Å²) in [7, 11) is -3.66. The maximum atomic E-state index is 11.7. The standard InChI is InChI=1S/C14H22N2O3S/c1-3-4-11(2)9-14(17)16-10-12-5-7-13(8-6-12)20(15,18)19/h5-8,11H,3-4,9-10H2,1-2H3,(H,16,17)(H2,15,18,19). The molecule has 1 atom stereocenters. The molecular formula is C14H22N2O3S. The summed E-state index contributed by atoms with van der Waals surface area (Å²) >= 11 is 0. The van der Waals surface area contributed by atoms with E-state index in [0.717, 1.165) is 18.4 Å². The van der Waals surface area contributed by atoms with E-state index in [2.05, 4.69) is 19.2 Å². The molecule has 1 unspecified atom stereocenters. The molecular weight excluding hydrogens is 276 g/mol. The molecule has 1 aromatic rings. The molecule has 0 saturated carbocycles. The second-order valence-electron chi connectivity index (χ2n) is 5.06. The van der Waals surface area contributed by atoms with Gasteiger partial charge in [-0.05, 0) is 23.6 Å². The van der Waals surface area contributed by atoms with Gasteiger partial charge < -0.3 is 5.32 Å². The number of sulfonamides is 1. The van der Waals surface area contributed by atoms with Crippen molar-refractivity contribution in [2.24, 2.45) is 11.1 Å². The highest BCUT2D eigenvalue weighted by molar-refractivity contribution is 7.89. The Hall–Kier alpha value is -1.40. The fraction of sp³-hybridized carbons (Fsp3) is 0.500. The highest BCUT2D eigenvalue weighted by Crippen LogP contribution is 2.11. The molecule has 0 aliphatic rings. The van der Waals surface area contributed by atoms with Gasteiger partial charge in [0.1, 0.15) is 0 Å². The second-order valence-corrected chi connectivity index (χ2v) is 6.63. The highest BCUT2D eigenvalue weighted by atomic mass is 32.2. The summed E-state index contributed by atoms with van der Waals surface area (Å²) in [6, 6.07) is 6.18. The Morgan fingerprint density at radius 2 is 1.90 bits per heavy atom. The third kappa shape index (κ3) is 5.71. The molecule has 0 fully saturated rings. The first kappa shape index (κ1) is 16.7. The molecule has 0 aliphatic carbocycles. The van der Waals surface area contributed by atoms with Crippen LogP contribution in [0.4, 0.5) is 0 Å². The summed E-state index contributed by atoms with van der Waals surface area (Å²) in [5, 5.41) is 7.84. The number of hydrogen-bond acceptors (Lipinski definition) is 3. The monoisotopic (exact) mass is 298 g/mol. The van der Waals surface area contributed by atoms with Gasteiger partial charge in [-0.15, -0.1) is 0 Å². The van der Waals surface area contributed by atoms with Gasteiger partial charge in [0, 0.05) is 13.0 Å². The topological polar surface area (TPSA) is 89.3 Å². The molecule has 0 radical (unpaired) electrons. The smallest absolute Gasteiger partial charge is 0.238 e. The van der Waals surface area contributed by atoms with Gasteiger partial charge in [0.25, 0.3) is 0 Å². The molecule has 6 heteroatoms. The molecule has 0 spiro atoms. The minimum absolute atomic E-state index is 0.0153. The summed E-state index contributed by atoms with van der Waals surface area (Å²) < 4.78 is 22.2. The molecule has 0 bridgehead atoms. The van der Waals surface area contributed by atoms with Gasteiger partial charge in [0.15, 0.2) is 0 Å². The number of carbonyl (C=O) groups excluding carboxylic acids is 1. The van der Waals surface area contributed by atoms with Crippen LogP contribution in [0.2, 0.25) is 0 Å². The fourth-order valence-electron chi connectivity index (χ4n) is 1.98. The fourth-order valence-corrected chi connectivity index (χ4v) is 2.50. The van der Waals surface area contributed by atoms with Crippen LogP contribution in [0, 0.1) is 5.92 Å². The number of nitrogens with one attached hydrogen (secondary N) is 1. The minimum Gasteiger partial charge on any atom is -0.352 e. The summed E-state index contributed by atoms with van der Waals surface area (Å²) in [4.78, 5) is 11.8. The van der Waals surface area contributed by atoms with E-state index in [9.17, 15) is 13.2 Å². The van der Waals surface area contributed by atoms with Gasteiger partial charge in [-0.1, -0.05) is 38.8 Å². The maximum Gasteiger partial charge on any atom is 0.238 e.